The largest absolute Gasteiger partial charge is 0.330 e. The van der Waals surface area contributed by atoms with Crippen molar-refractivity contribution in [3.63, 3.8) is 0 Å². The zero-order valence-corrected chi connectivity index (χ0v) is 36.5. The molecule has 0 heterocycles. The first kappa shape index (κ1) is 42.7. The van der Waals surface area contributed by atoms with Gasteiger partial charge in [-0.2, -0.15) is 0 Å². The van der Waals surface area contributed by atoms with Crippen LogP contribution in [0.5, 0.6) is 0 Å². The van der Waals surface area contributed by atoms with E-state index in [0.29, 0.717) is 27.1 Å². The molecule has 6 saturated carbocycles. The van der Waals surface area contributed by atoms with Crippen LogP contribution < -0.4 is 11.5 Å². The van der Waals surface area contributed by atoms with Crippen LogP contribution in [0.1, 0.15) is 237 Å². The van der Waals surface area contributed by atoms with Gasteiger partial charge in [0, 0.05) is 0 Å². The monoisotopic (exact) mass is 697 g/mol. The third-order valence-electron chi connectivity index (χ3n) is 21.1. The number of hydrogen-bond acceptors (Lipinski definition) is 2. The van der Waals surface area contributed by atoms with Crippen molar-refractivity contribution in [2.45, 2.75) is 237 Å². The lowest BCUT2D eigenvalue weighted by Crippen LogP contribution is -2.67. The molecule has 294 valence electrons. The first-order valence-electron chi connectivity index (χ1n) is 22.9. The van der Waals surface area contributed by atoms with E-state index in [1.165, 1.54) is 154 Å². The minimum absolute atomic E-state index is 0.139. The highest BCUT2D eigenvalue weighted by Gasteiger charge is 2.69. The fourth-order valence-electron chi connectivity index (χ4n) is 17.2. The highest BCUT2D eigenvalue weighted by Crippen LogP contribution is 2.77. The van der Waals surface area contributed by atoms with Crippen LogP contribution in [0.3, 0.4) is 0 Å². The summed E-state index contributed by atoms with van der Waals surface area (Å²) < 4.78 is 0. The Bertz CT molecular complexity index is 1080. The van der Waals surface area contributed by atoms with Gasteiger partial charge in [-0.3, -0.25) is 0 Å². The Morgan fingerprint density at radius 2 is 0.740 bits per heavy atom. The Kier molecular flexibility index (Phi) is 13.0. The normalized spacial score (nSPS) is 44.0. The Balaban J connectivity index is 2.00. The Morgan fingerprint density at radius 1 is 0.400 bits per heavy atom. The summed E-state index contributed by atoms with van der Waals surface area (Å²) in [6.45, 7) is 33.6. The number of rotatable bonds is 11. The second kappa shape index (κ2) is 15.2. The summed E-state index contributed by atoms with van der Waals surface area (Å²) in [6.07, 6.45) is 32.4. The number of fused-ring (bicyclic) bond motifs is 16. The van der Waals surface area contributed by atoms with Crippen LogP contribution in [-0.2, 0) is 0 Å². The summed E-state index contributed by atoms with van der Waals surface area (Å²) in [5.74, 6) is 0. The molecule has 6 fully saturated rings. The van der Waals surface area contributed by atoms with Gasteiger partial charge in [0.25, 0.3) is 0 Å². The topological polar surface area (TPSA) is 52.0 Å². The van der Waals surface area contributed by atoms with E-state index in [-0.39, 0.29) is 27.1 Å². The molecule has 2 heteroatoms. The van der Waals surface area contributed by atoms with Crippen molar-refractivity contribution in [3.05, 3.63) is 0 Å². The first-order chi connectivity index (χ1) is 23.5. The van der Waals surface area contributed by atoms with E-state index in [1.807, 2.05) is 0 Å². The summed E-state index contributed by atoms with van der Waals surface area (Å²) in [4.78, 5) is 0. The van der Waals surface area contributed by atoms with Crippen LogP contribution in [0.4, 0.5) is 0 Å². The molecule has 0 spiro atoms. The Hall–Kier alpha value is -0.0800. The van der Waals surface area contributed by atoms with Crippen molar-refractivity contribution in [2.75, 3.05) is 13.1 Å². The average molecular weight is 697 g/mol. The van der Waals surface area contributed by atoms with E-state index in [9.17, 15) is 0 Å². The molecule has 0 aromatic rings. The molecule has 0 aliphatic heterocycles. The smallest absolute Gasteiger partial charge is 0.000977 e. The van der Waals surface area contributed by atoms with Gasteiger partial charge in [-0.1, -0.05) is 134 Å². The van der Waals surface area contributed by atoms with Gasteiger partial charge in [0.2, 0.25) is 0 Å². The fourth-order valence-corrected chi connectivity index (χ4v) is 17.2. The Labute approximate surface area is 315 Å². The lowest BCUT2D eigenvalue weighted by molar-refractivity contribution is -0.232. The maximum absolute atomic E-state index is 7.65. The van der Waals surface area contributed by atoms with Crippen LogP contribution in [0.15, 0.2) is 0 Å². The van der Waals surface area contributed by atoms with Crippen molar-refractivity contribution in [3.8, 4) is 0 Å². The molecule has 0 saturated heterocycles. The average Bonchev–Trinajstić information content (AvgIpc) is 3.09. The molecule has 4 bridgehead atoms. The van der Waals surface area contributed by atoms with Gasteiger partial charge in [0.1, 0.15) is 0 Å². The molecule has 6 aliphatic carbocycles. The van der Waals surface area contributed by atoms with E-state index in [2.05, 4.69) is 83.1 Å². The van der Waals surface area contributed by atoms with E-state index >= 15 is 0 Å². The highest BCUT2D eigenvalue weighted by atomic mass is 14.8. The predicted octanol–water partition coefficient (Wildman–Crippen LogP) is 14.4. The maximum atomic E-state index is 7.65. The van der Waals surface area contributed by atoms with Gasteiger partial charge < -0.3 is 11.5 Å². The third kappa shape index (κ3) is 5.80. The molecule has 2 nitrogen and oxygen atoms in total. The van der Waals surface area contributed by atoms with Gasteiger partial charge in [-0.15, -0.1) is 0 Å². The Morgan fingerprint density at radius 3 is 1.12 bits per heavy atom. The number of hydrogen-bond donors (Lipinski definition) is 2. The molecule has 0 amide bonds. The maximum Gasteiger partial charge on any atom is -0.000977 e. The molecule has 6 rings (SSSR count). The zero-order chi connectivity index (χ0) is 37.4. The summed E-state index contributed by atoms with van der Waals surface area (Å²) in [6, 6.07) is 0. The fraction of sp³-hybridized carbons (Fsp3) is 1.00. The van der Waals surface area contributed by atoms with E-state index in [0.717, 1.165) is 13.1 Å². The van der Waals surface area contributed by atoms with Crippen LogP contribution in [0.25, 0.3) is 0 Å². The zero-order valence-electron chi connectivity index (χ0n) is 36.5. The van der Waals surface area contributed by atoms with Crippen molar-refractivity contribution in [1.82, 2.24) is 0 Å². The van der Waals surface area contributed by atoms with Crippen LogP contribution >= 0.6 is 0 Å². The van der Waals surface area contributed by atoms with Crippen LogP contribution in [0, 0.1) is 54.1 Å². The molecule has 4 N–H and O–H groups in total. The molecule has 0 aromatic heterocycles. The van der Waals surface area contributed by atoms with Gasteiger partial charge in [-0.05, 0) is 170 Å². The van der Waals surface area contributed by atoms with Crippen molar-refractivity contribution in [2.24, 2.45) is 65.6 Å². The minimum Gasteiger partial charge on any atom is -0.330 e. The molecule has 50 heavy (non-hydrogen) atoms. The minimum atomic E-state index is 0.139. The van der Waals surface area contributed by atoms with Gasteiger partial charge in [0.05, 0.1) is 0 Å². The number of nitrogens with two attached hydrogens (primary N) is 2. The SMILES string of the molecule is CCC(C)(CC)C1(CC)CCCC(CN)(C(CC)(CC)C2(CC)CCCC(C)(CN)C3(C)CCCC2(C)CCC3)C2(C)CCCC1(C)CCC2. The first-order valence-corrected chi connectivity index (χ1v) is 22.9. The van der Waals surface area contributed by atoms with E-state index in [4.69, 9.17) is 11.5 Å². The summed E-state index contributed by atoms with van der Waals surface area (Å²) in [5.41, 5.74) is 17.5. The van der Waals surface area contributed by atoms with Crippen molar-refractivity contribution in [1.29, 1.82) is 0 Å². The lowest BCUT2D eigenvalue weighted by atomic mass is 9.32. The molecule has 6 aliphatic rings. The summed E-state index contributed by atoms with van der Waals surface area (Å²) >= 11 is 0. The van der Waals surface area contributed by atoms with Crippen LogP contribution in [0.2, 0.25) is 0 Å². The second-order valence-electron chi connectivity index (χ2n) is 21.3. The third-order valence-corrected chi connectivity index (χ3v) is 21.1. The van der Waals surface area contributed by atoms with Crippen molar-refractivity contribution >= 4 is 0 Å². The van der Waals surface area contributed by atoms with Gasteiger partial charge in [-0.25, -0.2) is 0 Å². The van der Waals surface area contributed by atoms with Gasteiger partial charge in [0.15, 0.2) is 0 Å². The highest BCUT2D eigenvalue weighted by molar-refractivity contribution is 5.19. The second-order valence-corrected chi connectivity index (χ2v) is 21.3. The molecule has 4 atom stereocenters. The predicted molar refractivity (Wildman–Crippen MR) is 221 cm³/mol. The van der Waals surface area contributed by atoms with E-state index in [1.54, 1.807) is 0 Å². The summed E-state index contributed by atoms with van der Waals surface area (Å²) in [5, 5.41) is 0. The van der Waals surface area contributed by atoms with E-state index < -0.39 is 0 Å². The lowest BCUT2D eigenvalue weighted by Gasteiger charge is -2.72. The molecule has 0 radical (unpaired) electrons. The van der Waals surface area contributed by atoms with Crippen molar-refractivity contribution < 1.29 is 0 Å². The molecular weight excluding hydrogens is 605 g/mol. The van der Waals surface area contributed by atoms with Crippen LogP contribution in [-0.4, -0.2) is 13.1 Å². The molecule has 4 unspecified atom stereocenters. The quantitative estimate of drug-likeness (QED) is 0.226. The molecule has 0 aromatic carbocycles. The summed E-state index contributed by atoms with van der Waals surface area (Å²) in [7, 11) is 0. The van der Waals surface area contributed by atoms with Gasteiger partial charge >= 0.3 is 0 Å². The molecular formula is C48H92N2. The standard InChI is InChI=1S/C48H92N2/c1-13-39(7,14-2)46(17-5)34-24-36-48(38-50,43(11)31-21-27-41(46,9)28-22-32-43)45(15-3,16-4)47(18-6)35-23-33-44(12,37-49)40(8)25-19-29-42(47,10)30-20-26-40/h13-38,49-50H2,1-12H3.